The molecule has 0 saturated carbocycles. The van der Waals surface area contributed by atoms with Gasteiger partial charge in [-0.3, -0.25) is 4.79 Å². The van der Waals surface area contributed by atoms with Crippen molar-refractivity contribution in [3.05, 3.63) is 63.9 Å². The summed E-state index contributed by atoms with van der Waals surface area (Å²) in [6, 6.07) is 5.78. The number of ether oxygens (including phenoxy) is 2. The van der Waals surface area contributed by atoms with Crippen LogP contribution in [0.1, 0.15) is 22.4 Å². The van der Waals surface area contributed by atoms with Crippen LogP contribution in [-0.4, -0.2) is 29.7 Å². The maximum atomic E-state index is 14.4. The first-order chi connectivity index (χ1) is 14.3. The molecule has 1 heterocycles. The van der Waals surface area contributed by atoms with Crippen molar-refractivity contribution >= 4 is 21.8 Å². The molecule has 1 aromatic heterocycles. The molecule has 1 unspecified atom stereocenters. The Balaban J connectivity index is 1.95. The number of hydrogen-bond acceptors (Lipinski definition) is 6. The number of oxazole rings is 1. The van der Waals surface area contributed by atoms with Gasteiger partial charge < -0.3 is 24.7 Å². The molecule has 158 valence electrons. The topological polar surface area (TPSA) is 108 Å². The molecule has 2 aromatic carbocycles. The number of aliphatic hydroxyl groups is 1. The highest BCUT2D eigenvalue weighted by Gasteiger charge is 2.27. The number of aliphatic hydroxyl groups excluding tert-OH is 1. The van der Waals surface area contributed by atoms with Gasteiger partial charge in [-0.1, -0.05) is 0 Å². The zero-order valence-corrected chi connectivity index (χ0v) is 16.9. The van der Waals surface area contributed by atoms with Crippen LogP contribution in [0.2, 0.25) is 0 Å². The highest BCUT2D eigenvalue weighted by Crippen LogP contribution is 2.35. The number of nitrogens with two attached hydrogens (primary N) is 1. The number of primary amides is 1. The zero-order valence-electron chi connectivity index (χ0n) is 15.3. The summed E-state index contributed by atoms with van der Waals surface area (Å²) >= 11 is 3.11. The summed E-state index contributed by atoms with van der Waals surface area (Å²) < 4.78 is 58.1. The molecule has 0 spiro atoms. The Labute approximate surface area is 176 Å². The summed E-state index contributed by atoms with van der Waals surface area (Å²) in [6.07, 6.45) is -1.35. The van der Waals surface area contributed by atoms with E-state index in [4.69, 9.17) is 19.6 Å². The van der Waals surface area contributed by atoms with E-state index >= 15 is 0 Å². The molecule has 3 N–H and O–H groups in total. The minimum absolute atomic E-state index is 0.0287. The normalized spacial score (nSPS) is 11.9. The van der Waals surface area contributed by atoms with Crippen molar-refractivity contribution in [3.8, 4) is 22.8 Å². The monoisotopic (exact) mass is 486 g/mol. The minimum Gasteiger partial charge on any atom is -0.497 e. The van der Waals surface area contributed by atoms with Gasteiger partial charge in [-0.2, -0.15) is 0 Å². The van der Waals surface area contributed by atoms with Gasteiger partial charge in [-0.15, -0.1) is 0 Å². The van der Waals surface area contributed by atoms with Crippen LogP contribution < -0.4 is 15.2 Å². The van der Waals surface area contributed by atoms with Crippen LogP contribution in [0.15, 0.2) is 39.4 Å². The second-order valence-corrected chi connectivity index (χ2v) is 6.63. The van der Waals surface area contributed by atoms with Crippen molar-refractivity contribution in [2.75, 3.05) is 13.7 Å². The van der Waals surface area contributed by atoms with E-state index < -0.39 is 47.4 Å². The molecular formula is C19H14BrF3N2O5. The van der Waals surface area contributed by atoms with Gasteiger partial charge >= 0.3 is 0 Å². The number of nitrogens with zero attached hydrogens (tertiary/aromatic N) is 1. The van der Waals surface area contributed by atoms with Gasteiger partial charge in [0.1, 0.15) is 28.6 Å². The van der Waals surface area contributed by atoms with E-state index in [1.807, 2.05) is 0 Å². The molecule has 11 heteroatoms. The Morgan fingerprint density at radius 3 is 2.60 bits per heavy atom. The third kappa shape index (κ3) is 4.12. The predicted molar refractivity (Wildman–Crippen MR) is 101 cm³/mol. The number of hydrogen-bond donors (Lipinski definition) is 2. The summed E-state index contributed by atoms with van der Waals surface area (Å²) in [5.41, 5.74) is 4.12. The maximum absolute atomic E-state index is 14.4. The summed E-state index contributed by atoms with van der Waals surface area (Å²) in [4.78, 5) is 15.4. The van der Waals surface area contributed by atoms with Crippen molar-refractivity contribution < 1.29 is 37.0 Å². The largest absolute Gasteiger partial charge is 0.497 e. The van der Waals surface area contributed by atoms with Crippen LogP contribution in [0.4, 0.5) is 13.2 Å². The number of rotatable bonds is 7. The molecule has 0 bridgehead atoms. The average Bonchev–Trinajstić information content (AvgIpc) is 3.08. The number of carbonyl (C=O) groups excluding carboxylic acids is 1. The lowest BCUT2D eigenvalue weighted by Crippen LogP contribution is -2.18. The van der Waals surface area contributed by atoms with Gasteiger partial charge in [-0.05, 0) is 40.2 Å². The van der Waals surface area contributed by atoms with Gasteiger partial charge in [0.15, 0.2) is 22.3 Å². The van der Waals surface area contributed by atoms with E-state index in [1.54, 1.807) is 0 Å². The highest BCUT2D eigenvalue weighted by molar-refractivity contribution is 9.10. The molecule has 30 heavy (non-hydrogen) atoms. The molecule has 0 aliphatic rings. The van der Waals surface area contributed by atoms with E-state index in [0.717, 1.165) is 18.2 Å². The standard InChI is InChI=1S/C19H14BrF3N2O5/c1-28-8-2-3-9(11(22)6-8)16-17(20)30-19(25-16)13(7-26)29-12-5-4-10(21)14(15(12)23)18(24)27/h2-6,13,26H,7H2,1H3,(H2,24,27). The number of halogens is 4. The van der Waals surface area contributed by atoms with E-state index in [2.05, 4.69) is 20.9 Å². The molecule has 1 amide bonds. The quantitative estimate of drug-likeness (QED) is 0.526. The molecule has 7 nitrogen and oxygen atoms in total. The lowest BCUT2D eigenvalue weighted by molar-refractivity contribution is 0.0880. The van der Waals surface area contributed by atoms with Crippen LogP contribution in [0.3, 0.4) is 0 Å². The summed E-state index contributed by atoms with van der Waals surface area (Å²) in [5.74, 6) is -4.96. The fourth-order valence-corrected chi connectivity index (χ4v) is 3.07. The summed E-state index contributed by atoms with van der Waals surface area (Å²) in [7, 11) is 1.39. The van der Waals surface area contributed by atoms with E-state index in [1.165, 1.54) is 19.2 Å². The smallest absolute Gasteiger partial charge is 0.254 e. The summed E-state index contributed by atoms with van der Waals surface area (Å²) in [5, 5.41) is 9.64. The number of benzene rings is 2. The summed E-state index contributed by atoms with van der Waals surface area (Å²) in [6.45, 7) is -0.722. The Morgan fingerprint density at radius 2 is 2.00 bits per heavy atom. The van der Waals surface area contributed by atoms with Gasteiger partial charge in [-0.25, -0.2) is 18.2 Å². The third-order valence-corrected chi connectivity index (χ3v) is 4.58. The van der Waals surface area contributed by atoms with Crippen LogP contribution in [0.25, 0.3) is 11.3 Å². The SMILES string of the molecule is COc1ccc(-c2nc(C(CO)Oc3ccc(F)c(C(N)=O)c3F)oc2Br)c(F)c1. The fraction of sp³-hybridized carbons (Fsp3) is 0.158. The number of methoxy groups -OCH3 is 1. The van der Waals surface area contributed by atoms with Crippen LogP contribution in [0, 0.1) is 17.5 Å². The lowest BCUT2D eigenvalue weighted by Gasteiger charge is -2.15. The fourth-order valence-electron chi connectivity index (χ4n) is 2.61. The van der Waals surface area contributed by atoms with Gasteiger partial charge in [0, 0.05) is 11.6 Å². The first-order valence-corrected chi connectivity index (χ1v) is 9.11. The van der Waals surface area contributed by atoms with Crippen molar-refractivity contribution in [1.82, 2.24) is 4.98 Å². The van der Waals surface area contributed by atoms with Crippen molar-refractivity contribution in [3.63, 3.8) is 0 Å². The van der Waals surface area contributed by atoms with Crippen molar-refractivity contribution in [2.24, 2.45) is 5.73 Å². The van der Waals surface area contributed by atoms with Gasteiger partial charge in [0.25, 0.3) is 5.91 Å². The van der Waals surface area contributed by atoms with E-state index in [-0.39, 0.29) is 21.8 Å². The average molecular weight is 487 g/mol. The van der Waals surface area contributed by atoms with Crippen LogP contribution in [-0.2, 0) is 0 Å². The van der Waals surface area contributed by atoms with Crippen LogP contribution in [0.5, 0.6) is 11.5 Å². The minimum atomic E-state index is -1.35. The van der Waals surface area contributed by atoms with Gasteiger partial charge in [0.2, 0.25) is 5.89 Å². The molecule has 0 saturated heterocycles. The van der Waals surface area contributed by atoms with Crippen molar-refractivity contribution in [2.45, 2.75) is 6.10 Å². The molecule has 0 aliphatic heterocycles. The Morgan fingerprint density at radius 1 is 1.27 bits per heavy atom. The second kappa shape index (κ2) is 8.76. The number of carbonyl (C=O) groups is 1. The number of aromatic nitrogens is 1. The highest BCUT2D eigenvalue weighted by atomic mass is 79.9. The number of amides is 1. The first-order valence-electron chi connectivity index (χ1n) is 8.32. The maximum Gasteiger partial charge on any atom is 0.254 e. The Hall–Kier alpha value is -3.05. The molecule has 0 aliphatic carbocycles. The molecular weight excluding hydrogens is 473 g/mol. The third-order valence-electron chi connectivity index (χ3n) is 4.05. The van der Waals surface area contributed by atoms with Crippen molar-refractivity contribution in [1.29, 1.82) is 0 Å². The Bertz CT molecular complexity index is 1110. The first kappa shape index (κ1) is 21.7. The van der Waals surface area contributed by atoms with Gasteiger partial charge in [0.05, 0.1) is 13.7 Å². The van der Waals surface area contributed by atoms with E-state index in [0.29, 0.717) is 5.75 Å². The molecule has 3 aromatic rings. The Kier molecular flexibility index (Phi) is 6.32. The molecule has 0 radical (unpaired) electrons. The van der Waals surface area contributed by atoms with Crippen LogP contribution >= 0.6 is 15.9 Å². The molecule has 1 atom stereocenters. The second-order valence-electron chi connectivity index (χ2n) is 5.91. The lowest BCUT2D eigenvalue weighted by atomic mass is 10.1. The zero-order chi connectivity index (χ0) is 22.0. The van der Waals surface area contributed by atoms with E-state index in [9.17, 15) is 23.1 Å². The predicted octanol–water partition coefficient (Wildman–Crippen LogP) is 3.74. The molecule has 0 fully saturated rings. The molecule has 3 rings (SSSR count).